The second-order valence-corrected chi connectivity index (χ2v) is 7.34. The van der Waals surface area contributed by atoms with Crippen LogP contribution >= 0.6 is 0 Å². The molecule has 6 N–H and O–H groups in total. The van der Waals surface area contributed by atoms with Crippen molar-refractivity contribution >= 4 is 33.7 Å². The van der Waals surface area contributed by atoms with E-state index in [1.165, 1.54) is 10.9 Å². The summed E-state index contributed by atoms with van der Waals surface area (Å²) in [6.45, 7) is -0.113. The number of hydrogen-bond donors (Lipinski definition) is 5. The Bertz CT molecular complexity index is 1250. The molecule has 31 heavy (non-hydrogen) atoms. The summed E-state index contributed by atoms with van der Waals surface area (Å²) in [6.07, 6.45) is -1.45. The molecule has 4 heterocycles. The Morgan fingerprint density at radius 1 is 1.10 bits per heavy atom. The molecular weight excluding hydrogens is 402 g/mol. The zero-order valence-electron chi connectivity index (χ0n) is 16.3. The highest BCUT2D eigenvalue weighted by Gasteiger charge is 2.45. The Morgan fingerprint density at radius 3 is 2.68 bits per heavy atom. The Morgan fingerprint density at radius 2 is 1.90 bits per heavy atom. The van der Waals surface area contributed by atoms with Crippen LogP contribution in [0.2, 0.25) is 0 Å². The van der Waals surface area contributed by atoms with Gasteiger partial charge in [0.2, 0.25) is 5.95 Å². The van der Waals surface area contributed by atoms with Crippen LogP contribution in [0.25, 0.3) is 21.9 Å². The molecule has 1 aromatic carbocycles. The smallest absolute Gasteiger partial charge is 0.207 e. The zero-order chi connectivity index (χ0) is 21.5. The number of nitrogens with zero attached hydrogens (tertiary/aromatic N) is 5. The minimum absolute atomic E-state index is 0.169. The van der Waals surface area contributed by atoms with Crippen molar-refractivity contribution in [1.29, 1.82) is 0 Å². The van der Waals surface area contributed by atoms with E-state index in [0.717, 1.165) is 16.5 Å². The van der Waals surface area contributed by atoms with E-state index in [-0.39, 0.29) is 5.82 Å². The molecule has 160 valence electrons. The maximum absolute atomic E-state index is 10.5. The summed E-state index contributed by atoms with van der Waals surface area (Å²) in [5.74, 6) is 0.481. The van der Waals surface area contributed by atoms with E-state index >= 15 is 0 Å². The lowest BCUT2D eigenvalue weighted by atomic mass is 10.1. The van der Waals surface area contributed by atoms with Gasteiger partial charge in [0, 0.05) is 11.6 Å². The number of hydrogen-bond acceptors (Lipinski definition) is 10. The van der Waals surface area contributed by atoms with Crippen molar-refractivity contribution in [3.05, 3.63) is 48.5 Å². The van der Waals surface area contributed by atoms with Crippen molar-refractivity contribution in [2.45, 2.75) is 31.1 Å². The number of imidazole rings is 1. The summed E-state index contributed by atoms with van der Waals surface area (Å²) >= 11 is 0. The average molecular weight is 423 g/mol. The fourth-order valence-corrected chi connectivity index (χ4v) is 3.78. The predicted molar refractivity (Wildman–Crippen MR) is 112 cm³/mol. The first-order valence-electron chi connectivity index (χ1n) is 9.75. The Kier molecular flexibility index (Phi) is 4.87. The molecule has 11 heteroatoms. The number of aliphatic hydroxyl groups excluding tert-OH is 3. The molecule has 1 aliphatic heterocycles. The van der Waals surface area contributed by atoms with Gasteiger partial charge in [0.15, 0.2) is 23.2 Å². The number of nitrogen functional groups attached to an aromatic ring is 1. The van der Waals surface area contributed by atoms with Gasteiger partial charge < -0.3 is 31.1 Å². The van der Waals surface area contributed by atoms with Crippen LogP contribution in [0, 0.1) is 0 Å². The third kappa shape index (κ3) is 3.33. The van der Waals surface area contributed by atoms with Crippen LogP contribution in [0.3, 0.4) is 0 Å². The summed E-state index contributed by atoms with van der Waals surface area (Å²) in [7, 11) is 0. The Hall–Kier alpha value is -3.38. The van der Waals surface area contributed by atoms with Gasteiger partial charge in [0.1, 0.15) is 24.6 Å². The van der Waals surface area contributed by atoms with Gasteiger partial charge in [0.25, 0.3) is 0 Å². The number of rotatable bonds is 5. The van der Waals surface area contributed by atoms with Crippen LogP contribution < -0.4 is 11.1 Å². The molecule has 1 fully saturated rings. The molecule has 3 aromatic heterocycles. The monoisotopic (exact) mass is 423 g/mol. The third-order valence-electron chi connectivity index (χ3n) is 5.39. The van der Waals surface area contributed by atoms with Gasteiger partial charge in [-0.05, 0) is 11.5 Å². The molecule has 4 atom stereocenters. The normalized spacial score (nSPS) is 23.6. The van der Waals surface area contributed by atoms with E-state index in [9.17, 15) is 15.3 Å². The summed E-state index contributed by atoms with van der Waals surface area (Å²) in [5.41, 5.74) is 7.40. The van der Waals surface area contributed by atoms with Crippen LogP contribution in [0.5, 0.6) is 0 Å². The number of ether oxygens (including phenoxy) is 1. The Balaban J connectivity index is 1.52. The standard InChI is InChI=1S/C20H21N7O4/c21-17-14-18(25-9-24-17)27(19-16(30)15(29)13(8-28)31-19)20(26-14)23-7-12-5-10-3-1-2-4-11(10)6-22-12/h1-6,9,13,15-16,19,28-30H,7-8H2,(H,23,26)(H2,21,24,25)/t13-,15-,16-,19-/m1/s1. The third-order valence-corrected chi connectivity index (χ3v) is 5.39. The fourth-order valence-electron chi connectivity index (χ4n) is 3.78. The molecule has 0 radical (unpaired) electrons. The van der Waals surface area contributed by atoms with E-state index in [4.69, 9.17) is 10.5 Å². The average Bonchev–Trinajstić information content (AvgIpc) is 3.30. The largest absolute Gasteiger partial charge is 0.394 e. The van der Waals surface area contributed by atoms with Crippen LogP contribution in [0.15, 0.2) is 42.9 Å². The van der Waals surface area contributed by atoms with Gasteiger partial charge in [-0.1, -0.05) is 24.3 Å². The highest BCUT2D eigenvalue weighted by atomic mass is 16.6. The van der Waals surface area contributed by atoms with E-state index in [0.29, 0.717) is 23.7 Å². The highest BCUT2D eigenvalue weighted by molar-refractivity contribution is 5.84. The van der Waals surface area contributed by atoms with Gasteiger partial charge >= 0.3 is 0 Å². The van der Waals surface area contributed by atoms with Crippen LogP contribution in [0.1, 0.15) is 11.9 Å². The van der Waals surface area contributed by atoms with Crippen LogP contribution in [-0.4, -0.2) is 64.7 Å². The molecule has 11 nitrogen and oxygen atoms in total. The number of nitrogens with one attached hydrogen (secondary N) is 1. The van der Waals surface area contributed by atoms with Crippen molar-refractivity contribution in [2.24, 2.45) is 0 Å². The quantitative estimate of drug-likeness (QED) is 0.299. The van der Waals surface area contributed by atoms with Gasteiger partial charge in [-0.3, -0.25) is 9.55 Å². The predicted octanol–water partition coefficient (Wildman–Crippen LogP) is 0.180. The number of pyridine rings is 1. The Labute approximate surface area is 176 Å². The summed E-state index contributed by atoms with van der Waals surface area (Å²) < 4.78 is 7.21. The molecule has 0 bridgehead atoms. The maximum Gasteiger partial charge on any atom is 0.207 e. The van der Waals surface area contributed by atoms with Crippen LogP contribution in [0.4, 0.5) is 11.8 Å². The van der Waals surface area contributed by atoms with Gasteiger partial charge in [0.05, 0.1) is 18.8 Å². The lowest BCUT2D eigenvalue weighted by Crippen LogP contribution is -2.33. The first kappa shape index (κ1) is 19.6. The minimum atomic E-state index is -1.30. The SMILES string of the molecule is Nc1ncnc2c1nc(NCc1cc3ccccc3cn1)n2[C@@H]1O[C@H](CO)[C@@H](O)[C@H]1O. The van der Waals surface area contributed by atoms with E-state index in [1.807, 2.05) is 30.3 Å². The number of aromatic nitrogens is 5. The van der Waals surface area contributed by atoms with Crippen molar-refractivity contribution in [3.63, 3.8) is 0 Å². The van der Waals surface area contributed by atoms with E-state index in [2.05, 4.69) is 25.3 Å². The first-order chi connectivity index (χ1) is 15.1. The second kappa shape index (κ2) is 7.71. The lowest BCUT2D eigenvalue weighted by molar-refractivity contribution is -0.0501. The van der Waals surface area contributed by atoms with Crippen molar-refractivity contribution < 1.29 is 20.1 Å². The molecule has 5 rings (SSSR count). The summed E-state index contributed by atoms with van der Waals surface area (Å²) in [6, 6.07) is 9.88. The number of fused-ring (bicyclic) bond motifs is 2. The van der Waals surface area contributed by atoms with E-state index < -0.39 is 31.1 Å². The zero-order valence-corrected chi connectivity index (χ0v) is 16.3. The maximum atomic E-state index is 10.5. The molecule has 0 spiro atoms. The molecule has 0 aliphatic carbocycles. The number of nitrogens with two attached hydrogens (primary N) is 1. The molecule has 4 aromatic rings. The molecule has 1 saturated heterocycles. The second-order valence-electron chi connectivity index (χ2n) is 7.34. The number of benzene rings is 1. The first-order valence-corrected chi connectivity index (χ1v) is 9.75. The number of aliphatic hydroxyl groups is 3. The summed E-state index contributed by atoms with van der Waals surface area (Å²) in [4.78, 5) is 17.1. The lowest BCUT2D eigenvalue weighted by Gasteiger charge is -2.19. The van der Waals surface area contributed by atoms with E-state index in [1.54, 1.807) is 6.20 Å². The molecule has 0 amide bonds. The van der Waals surface area contributed by atoms with Gasteiger partial charge in [-0.2, -0.15) is 0 Å². The van der Waals surface area contributed by atoms with Crippen molar-refractivity contribution in [2.75, 3.05) is 17.7 Å². The highest BCUT2D eigenvalue weighted by Crippen LogP contribution is 2.35. The molecular formula is C20H21N7O4. The van der Waals surface area contributed by atoms with Crippen LogP contribution in [-0.2, 0) is 11.3 Å². The summed E-state index contributed by atoms with van der Waals surface area (Å²) in [5, 5.41) is 35.5. The number of anilines is 2. The van der Waals surface area contributed by atoms with Gasteiger partial charge in [-0.15, -0.1) is 0 Å². The molecule has 0 unspecified atom stereocenters. The van der Waals surface area contributed by atoms with Crippen molar-refractivity contribution in [1.82, 2.24) is 24.5 Å². The minimum Gasteiger partial charge on any atom is -0.394 e. The van der Waals surface area contributed by atoms with Crippen molar-refractivity contribution in [3.8, 4) is 0 Å². The fraction of sp³-hybridized carbons (Fsp3) is 0.300. The topological polar surface area (TPSA) is 164 Å². The van der Waals surface area contributed by atoms with Gasteiger partial charge in [-0.25, -0.2) is 15.0 Å². The molecule has 1 aliphatic rings. The molecule has 0 saturated carbocycles.